The van der Waals surface area contributed by atoms with E-state index in [2.05, 4.69) is 68.9 Å². The number of nitrogens with zero attached hydrogens (tertiary/aromatic N) is 6. The SMILES string of the molecule is C=CC(=O)N1CCCC1C(C)C.CC(C)(C)C1CO1.CC(C)N1C(=O)C(Cl)=C(Cl)C1=O.CC(C)N1C(=O)C=C(Cl)C1=O.CC(C)N1C(=O)C=CC1=O.CC1=C(C)C(=O)N(C(C)C)C1=O.CC1=CC(=O)N(C(C)C)C1=O.CC1OC1C(C)(C)C. The van der Waals surface area contributed by atoms with E-state index in [1.807, 2.05) is 46.4 Å². The first-order valence-electron chi connectivity index (χ1n) is 28.0. The van der Waals surface area contributed by atoms with Crippen molar-refractivity contribution in [2.75, 3.05) is 13.2 Å². The minimum Gasteiger partial charge on any atom is -0.373 e. The molecule has 0 aromatic carbocycles. The van der Waals surface area contributed by atoms with Gasteiger partial charge >= 0.3 is 0 Å². The number of epoxide rings is 2. The molecule has 0 saturated carbocycles. The smallest absolute Gasteiger partial charge is 0.274 e. The van der Waals surface area contributed by atoms with Crippen molar-refractivity contribution in [2.45, 2.75) is 220 Å². The van der Waals surface area contributed by atoms with E-state index < -0.39 is 17.7 Å². The molecule has 11 amide bonds. The van der Waals surface area contributed by atoms with Gasteiger partial charge in [0.25, 0.3) is 59.1 Å². The number of carbonyl (C=O) groups is 11. The van der Waals surface area contributed by atoms with Crippen LogP contribution in [0.3, 0.4) is 0 Å². The molecule has 0 aromatic heterocycles. The number of ether oxygens (including phenoxy) is 2. The van der Waals surface area contributed by atoms with Crippen LogP contribution in [0.25, 0.3) is 0 Å². The van der Waals surface area contributed by atoms with Crippen LogP contribution in [-0.4, -0.2) is 162 Å². The summed E-state index contributed by atoms with van der Waals surface area (Å²) in [7, 11) is 0. The van der Waals surface area contributed by atoms with Gasteiger partial charge in [0.05, 0.1) is 24.9 Å². The summed E-state index contributed by atoms with van der Waals surface area (Å²) in [5, 5.41) is -0.366. The minimum atomic E-state index is -0.512. The largest absolute Gasteiger partial charge is 0.373 e. The lowest BCUT2D eigenvalue weighted by atomic mass is 9.91. The van der Waals surface area contributed by atoms with Crippen molar-refractivity contribution >= 4 is 99.8 Å². The molecule has 22 heteroatoms. The van der Waals surface area contributed by atoms with Gasteiger partial charge in [-0.05, 0) is 133 Å². The minimum absolute atomic E-state index is 0.00343. The van der Waals surface area contributed by atoms with Crippen LogP contribution >= 0.6 is 34.8 Å². The Morgan fingerprint density at radius 3 is 1.13 bits per heavy atom. The highest BCUT2D eigenvalue weighted by Crippen LogP contribution is 2.37. The Hall–Kier alpha value is -5.60. The number of hydrogen-bond donors (Lipinski definition) is 0. The van der Waals surface area contributed by atoms with E-state index in [1.165, 1.54) is 39.0 Å². The number of halogens is 3. The molecule has 8 aliphatic rings. The van der Waals surface area contributed by atoms with E-state index in [-0.39, 0.29) is 92.6 Å². The Morgan fingerprint density at radius 1 is 0.566 bits per heavy atom. The summed E-state index contributed by atoms with van der Waals surface area (Å²) in [6.45, 7) is 48.0. The van der Waals surface area contributed by atoms with Crippen LogP contribution in [0.5, 0.6) is 0 Å². The Bertz CT molecular complexity index is 2470. The summed E-state index contributed by atoms with van der Waals surface area (Å²) < 4.78 is 10.4. The summed E-state index contributed by atoms with van der Waals surface area (Å²) in [6.07, 6.45) is 10.4. The zero-order valence-electron chi connectivity index (χ0n) is 52.8. The van der Waals surface area contributed by atoms with Gasteiger partial charge in [0.1, 0.15) is 15.1 Å². The van der Waals surface area contributed by atoms with Crippen molar-refractivity contribution in [1.82, 2.24) is 29.4 Å². The highest BCUT2D eigenvalue weighted by molar-refractivity contribution is 6.58. The molecular weight excluding hydrogens is 1130 g/mol. The number of rotatable bonds is 7. The van der Waals surface area contributed by atoms with Crippen LogP contribution < -0.4 is 0 Å². The second-order valence-corrected chi connectivity index (χ2v) is 25.7. The summed E-state index contributed by atoms with van der Waals surface area (Å²) in [5.41, 5.74) is 2.44. The van der Waals surface area contributed by atoms with Crippen LogP contribution in [0.15, 0.2) is 68.8 Å². The van der Waals surface area contributed by atoms with Gasteiger partial charge in [-0.15, -0.1) is 0 Å². The molecule has 464 valence electrons. The number of imide groups is 5. The third-order valence-corrected chi connectivity index (χ3v) is 14.6. The quantitative estimate of drug-likeness (QED) is 0.131. The summed E-state index contributed by atoms with van der Waals surface area (Å²) in [6, 6.07) is -0.0101. The topological polar surface area (TPSA) is 232 Å². The molecule has 19 nitrogen and oxygen atoms in total. The fourth-order valence-electron chi connectivity index (χ4n) is 8.68. The monoisotopic (exact) mass is 1220 g/mol. The lowest BCUT2D eigenvalue weighted by molar-refractivity contribution is -0.141. The molecule has 3 fully saturated rings. The van der Waals surface area contributed by atoms with Crippen molar-refractivity contribution in [2.24, 2.45) is 16.7 Å². The van der Waals surface area contributed by atoms with Crippen molar-refractivity contribution < 1.29 is 62.2 Å². The van der Waals surface area contributed by atoms with E-state index in [0.29, 0.717) is 57.8 Å². The molecule has 0 aromatic rings. The van der Waals surface area contributed by atoms with Gasteiger partial charge in [-0.2, -0.15) is 0 Å². The molecule has 8 heterocycles. The molecule has 83 heavy (non-hydrogen) atoms. The first-order chi connectivity index (χ1) is 37.9. The highest BCUT2D eigenvalue weighted by Gasteiger charge is 2.44. The predicted octanol–water partition coefficient (Wildman–Crippen LogP) is 9.54. The summed E-state index contributed by atoms with van der Waals surface area (Å²) >= 11 is 16.4. The van der Waals surface area contributed by atoms with Gasteiger partial charge in [-0.25, -0.2) is 0 Å². The maximum Gasteiger partial charge on any atom is 0.274 e. The highest BCUT2D eigenvalue weighted by atomic mass is 35.5. The second kappa shape index (κ2) is 32.1. The fraction of sp³-hybridized carbons (Fsp3) is 0.623. The standard InChI is InChI=1S/C10H17NO.C9H13NO2.C8H11NO2.C7H7Cl2NO2.C7H8ClNO2.C7H9NO2.C7H14O.C6H12O/c1-4-10(12)11-7-5-6-9(11)8(2)3;1-5(2)10-8(11)6(3)7(4)9(10)12;1-5(2)9-7(10)4-6(3)8(9)11;1-3(2)10-6(11)4(8)5(9)7(10)12;1-4(2)9-6(10)3-5(8)7(9)11;1-5(2)8-6(9)3-4-7(8)10;1-5-6(8-5)7(2,3)4;1-6(2,3)5-4-7-5/h4,8-9H,1,5-7H2,2-3H3;5H,1-4H3;4-5H,1-3H3;3H,1-2H3;3-4H,1-2H3;3-5H,1-2H3;5-6H,1-4H3;5H,4H2,1-3H3. The fourth-order valence-corrected chi connectivity index (χ4v) is 9.21. The first kappa shape index (κ1) is 75.4. The maximum atomic E-state index is 11.4. The van der Waals surface area contributed by atoms with Crippen LogP contribution in [0.1, 0.15) is 165 Å². The Balaban J connectivity index is 0.000000477. The molecular formula is C61H91Cl3N6O13. The average Bonchev–Trinajstić information content (AvgIpc) is 4.37. The second-order valence-electron chi connectivity index (χ2n) is 24.5. The first-order valence-corrected chi connectivity index (χ1v) is 29.1. The third-order valence-electron chi connectivity index (χ3n) is 13.5. The van der Waals surface area contributed by atoms with E-state index in [4.69, 9.17) is 44.3 Å². The van der Waals surface area contributed by atoms with Crippen molar-refractivity contribution in [3.8, 4) is 0 Å². The number of hydrogen-bond acceptors (Lipinski definition) is 13. The average molecular weight is 1220 g/mol. The molecule has 8 rings (SSSR count). The van der Waals surface area contributed by atoms with E-state index in [1.54, 1.807) is 48.5 Å². The summed E-state index contributed by atoms with van der Waals surface area (Å²) in [4.78, 5) is 130. The van der Waals surface area contributed by atoms with Gasteiger partial charge in [-0.1, -0.05) is 96.8 Å². The van der Waals surface area contributed by atoms with Gasteiger partial charge in [0.15, 0.2) is 0 Å². The lowest BCUT2D eigenvalue weighted by Gasteiger charge is -2.26. The van der Waals surface area contributed by atoms with Crippen LogP contribution in [0.2, 0.25) is 0 Å². The molecule has 0 radical (unpaired) electrons. The Morgan fingerprint density at radius 2 is 0.940 bits per heavy atom. The van der Waals surface area contributed by atoms with Crippen LogP contribution in [0.4, 0.5) is 0 Å². The van der Waals surface area contributed by atoms with Gasteiger partial charge in [0, 0.05) is 83.8 Å². The third kappa shape index (κ3) is 21.5. The molecule has 0 bridgehead atoms. The van der Waals surface area contributed by atoms with Gasteiger partial charge in [0.2, 0.25) is 5.91 Å². The van der Waals surface area contributed by atoms with E-state index in [0.717, 1.165) is 41.9 Å². The normalized spacial score (nSPS) is 21.9. The molecule has 0 N–H and O–H groups in total. The molecule has 0 aliphatic carbocycles. The molecule has 4 atom stereocenters. The van der Waals surface area contributed by atoms with Crippen LogP contribution in [-0.2, 0) is 62.2 Å². The summed E-state index contributed by atoms with van der Waals surface area (Å²) in [5.74, 6) is -2.15. The Labute approximate surface area is 507 Å². The maximum absolute atomic E-state index is 11.4. The lowest BCUT2D eigenvalue weighted by Crippen LogP contribution is -2.37. The molecule has 4 unspecified atom stereocenters. The zero-order valence-corrected chi connectivity index (χ0v) is 55.1. The number of amides is 11. The van der Waals surface area contributed by atoms with E-state index >= 15 is 0 Å². The van der Waals surface area contributed by atoms with Crippen molar-refractivity contribution in [1.29, 1.82) is 0 Å². The van der Waals surface area contributed by atoms with Crippen molar-refractivity contribution in [3.05, 3.63) is 68.8 Å². The predicted molar refractivity (Wildman–Crippen MR) is 322 cm³/mol. The molecule has 0 spiro atoms. The van der Waals surface area contributed by atoms with Gasteiger partial charge < -0.3 is 14.4 Å². The van der Waals surface area contributed by atoms with Crippen molar-refractivity contribution in [3.63, 3.8) is 0 Å². The number of likely N-dealkylation sites (tertiary alicyclic amines) is 1. The van der Waals surface area contributed by atoms with Gasteiger partial charge in [-0.3, -0.25) is 77.2 Å². The number of carbonyl (C=O) groups excluding carboxylic acids is 11. The Kier molecular flexibility index (Phi) is 29.1. The van der Waals surface area contributed by atoms with Crippen LogP contribution in [0, 0.1) is 16.7 Å². The van der Waals surface area contributed by atoms with E-state index in [9.17, 15) is 52.7 Å². The zero-order chi connectivity index (χ0) is 64.8. The molecule has 8 aliphatic heterocycles. The molecule has 3 saturated heterocycles.